The third kappa shape index (κ3) is 3.32. The van der Waals surface area contributed by atoms with Crippen LogP contribution in [0.15, 0.2) is 11.1 Å². The molecule has 4 nitrogen and oxygen atoms in total. The lowest BCUT2D eigenvalue weighted by Gasteiger charge is -2.35. The van der Waals surface area contributed by atoms with Crippen LogP contribution >= 0.6 is 0 Å². The second kappa shape index (κ2) is 5.34. The van der Waals surface area contributed by atoms with Crippen molar-refractivity contribution in [3.63, 3.8) is 0 Å². The number of likely N-dealkylation sites (tertiary alicyclic amines) is 1. The molecule has 0 saturated carbocycles. The van der Waals surface area contributed by atoms with Gasteiger partial charge in [0.1, 0.15) is 0 Å². The Hall–Kier alpha value is -1.32. The molecule has 1 fully saturated rings. The van der Waals surface area contributed by atoms with Crippen LogP contribution in [0, 0.1) is 11.8 Å². The highest BCUT2D eigenvalue weighted by molar-refractivity contribution is 6.01. The van der Waals surface area contributed by atoms with Gasteiger partial charge in [-0.25, -0.2) is 4.79 Å². The molecule has 2 atom stereocenters. The molecule has 96 valence electrons. The van der Waals surface area contributed by atoms with Crippen molar-refractivity contribution in [1.29, 1.82) is 0 Å². The van der Waals surface area contributed by atoms with Gasteiger partial charge in [-0.2, -0.15) is 0 Å². The van der Waals surface area contributed by atoms with E-state index in [1.54, 1.807) is 11.8 Å². The van der Waals surface area contributed by atoms with E-state index in [4.69, 9.17) is 5.11 Å². The van der Waals surface area contributed by atoms with Crippen molar-refractivity contribution >= 4 is 11.9 Å². The summed E-state index contributed by atoms with van der Waals surface area (Å²) >= 11 is 0. The Morgan fingerprint density at radius 1 is 1.06 bits per heavy atom. The van der Waals surface area contributed by atoms with Gasteiger partial charge in [-0.05, 0) is 32.1 Å². The zero-order valence-electron chi connectivity index (χ0n) is 11.0. The first-order valence-corrected chi connectivity index (χ1v) is 6.03. The quantitative estimate of drug-likeness (QED) is 0.749. The van der Waals surface area contributed by atoms with E-state index in [0.29, 0.717) is 17.4 Å². The summed E-state index contributed by atoms with van der Waals surface area (Å²) < 4.78 is 0. The van der Waals surface area contributed by atoms with E-state index in [-0.39, 0.29) is 11.5 Å². The van der Waals surface area contributed by atoms with E-state index in [2.05, 4.69) is 13.8 Å². The Morgan fingerprint density at radius 2 is 1.53 bits per heavy atom. The number of hydrogen-bond donors (Lipinski definition) is 1. The maximum Gasteiger partial charge on any atom is 0.331 e. The van der Waals surface area contributed by atoms with Gasteiger partial charge >= 0.3 is 5.97 Å². The summed E-state index contributed by atoms with van der Waals surface area (Å²) in [5.41, 5.74) is 0.486. The van der Waals surface area contributed by atoms with Crippen LogP contribution in [0.2, 0.25) is 0 Å². The lowest BCUT2D eigenvalue weighted by atomic mass is 9.91. The van der Waals surface area contributed by atoms with E-state index in [0.717, 1.165) is 19.5 Å². The normalized spacial score (nSPS) is 26.5. The van der Waals surface area contributed by atoms with Crippen molar-refractivity contribution in [1.82, 2.24) is 4.90 Å². The predicted octanol–water partition coefficient (Wildman–Crippen LogP) is 1.91. The molecule has 1 saturated heterocycles. The van der Waals surface area contributed by atoms with E-state index in [1.165, 1.54) is 6.92 Å². The first kappa shape index (κ1) is 13.7. The number of carbonyl (C=O) groups is 2. The van der Waals surface area contributed by atoms with Crippen molar-refractivity contribution in [3.05, 3.63) is 11.1 Å². The Bertz CT molecular complexity index is 350. The van der Waals surface area contributed by atoms with Crippen LogP contribution < -0.4 is 0 Å². The van der Waals surface area contributed by atoms with Crippen molar-refractivity contribution in [2.24, 2.45) is 11.8 Å². The largest absolute Gasteiger partial charge is 0.478 e. The maximum atomic E-state index is 12.1. The van der Waals surface area contributed by atoms with Gasteiger partial charge in [0, 0.05) is 24.2 Å². The molecule has 0 bridgehead atoms. The molecule has 1 aliphatic heterocycles. The molecule has 4 heteroatoms. The molecule has 0 aromatic heterocycles. The Balaban J connectivity index is 2.83. The third-order valence-electron chi connectivity index (χ3n) is 3.36. The number of aliphatic carboxylic acids is 1. The van der Waals surface area contributed by atoms with Crippen molar-refractivity contribution in [2.75, 3.05) is 13.1 Å². The van der Waals surface area contributed by atoms with Crippen molar-refractivity contribution in [2.45, 2.75) is 34.1 Å². The average Bonchev–Trinajstić information content (AvgIpc) is 2.24. The summed E-state index contributed by atoms with van der Waals surface area (Å²) in [6.45, 7) is 8.78. The molecule has 0 spiro atoms. The SMILES string of the molecule is CC(C(=O)O)=C(C)C(=O)N1CC(C)CC(C)C1. The van der Waals surface area contributed by atoms with E-state index < -0.39 is 5.97 Å². The van der Waals surface area contributed by atoms with Gasteiger partial charge in [-0.1, -0.05) is 13.8 Å². The highest BCUT2D eigenvalue weighted by Gasteiger charge is 2.27. The lowest BCUT2D eigenvalue weighted by Crippen LogP contribution is -2.43. The topological polar surface area (TPSA) is 57.6 Å². The van der Waals surface area contributed by atoms with E-state index in [9.17, 15) is 9.59 Å². The number of carboxylic acids is 1. The first-order chi connectivity index (χ1) is 7.82. The van der Waals surface area contributed by atoms with Crippen molar-refractivity contribution < 1.29 is 14.7 Å². The molecule has 0 aliphatic carbocycles. The van der Waals surface area contributed by atoms with Gasteiger partial charge in [0.25, 0.3) is 0 Å². The summed E-state index contributed by atoms with van der Waals surface area (Å²) in [5.74, 6) is -0.182. The molecule has 0 radical (unpaired) electrons. The van der Waals surface area contributed by atoms with Gasteiger partial charge in [0.15, 0.2) is 0 Å². The Labute approximate surface area is 102 Å². The van der Waals surface area contributed by atoms with Gasteiger partial charge in [0.05, 0.1) is 0 Å². The smallest absolute Gasteiger partial charge is 0.331 e. The lowest BCUT2D eigenvalue weighted by molar-refractivity contribution is -0.134. The standard InChI is InChI=1S/C13H21NO3/c1-8-5-9(2)7-14(6-8)12(15)10(3)11(4)13(16)17/h8-9H,5-7H2,1-4H3,(H,16,17). The fourth-order valence-electron chi connectivity index (χ4n) is 2.39. The molecule has 1 amide bonds. The molecule has 2 unspecified atom stereocenters. The maximum absolute atomic E-state index is 12.1. The minimum absolute atomic E-state index is 0.136. The van der Waals surface area contributed by atoms with Crippen LogP contribution in [0.3, 0.4) is 0 Å². The highest BCUT2D eigenvalue weighted by atomic mass is 16.4. The zero-order valence-corrected chi connectivity index (χ0v) is 11.0. The van der Waals surface area contributed by atoms with Crippen LogP contribution in [-0.4, -0.2) is 35.0 Å². The van der Waals surface area contributed by atoms with Crippen LogP contribution in [0.25, 0.3) is 0 Å². The monoisotopic (exact) mass is 239 g/mol. The summed E-state index contributed by atoms with van der Waals surface area (Å²) in [6.07, 6.45) is 1.13. The van der Waals surface area contributed by atoms with E-state index in [1.807, 2.05) is 0 Å². The molecule has 1 N–H and O–H groups in total. The number of amides is 1. The van der Waals surface area contributed by atoms with Gasteiger partial charge < -0.3 is 10.0 Å². The molecular formula is C13H21NO3. The minimum Gasteiger partial charge on any atom is -0.478 e. The molecule has 1 rings (SSSR count). The van der Waals surface area contributed by atoms with Gasteiger partial charge in [-0.3, -0.25) is 4.79 Å². The fourth-order valence-corrected chi connectivity index (χ4v) is 2.39. The summed E-state index contributed by atoms with van der Waals surface area (Å²) in [4.78, 5) is 24.7. The summed E-state index contributed by atoms with van der Waals surface area (Å²) in [5, 5.41) is 8.88. The minimum atomic E-state index is -1.02. The summed E-state index contributed by atoms with van der Waals surface area (Å²) in [7, 11) is 0. The molecule has 1 aliphatic rings. The Morgan fingerprint density at radius 3 is 1.94 bits per heavy atom. The van der Waals surface area contributed by atoms with Crippen molar-refractivity contribution in [3.8, 4) is 0 Å². The average molecular weight is 239 g/mol. The highest BCUT2D eigenvalue weighted by Crippen LogP contribution is 2.22. The number of carbonyl (C=O) groups excluding carboxylic acids is 1. The molecule has 17 heavy (non-hydrogen) atoms. The van der Waals surface area contributed by atoms with E-state index >= 15 is 0 Å². The molecule has 0 aromatic carbocycles. The first-order valence-electron chi connectivity index (χ1n) is 6.03. The van der Waals surface area contributed by atoms with Crippen LogP contribution in [0.4, 0.5) is 0 Å². The second-order valence-electron chi connectivity index (χ2n) is 5.21. The molecule has 0 aromatic rings. The number of piperidine rings is 1. The predicted molar refractivity (Wildman–Crippen MR) is 65.5 cm³/mol. The molecule has 1 heterocycles. The zero-order chi connectivity index (χ0) is 13.2. The third-order valence-corrected chi connectivity index (χ3v) is 3.36. The summed E-state index contributed by atoms with van der Waals surface area (Å²) in [6, 6.07) is 0. The van der Waals surface area contributed by atoms with Gasteiger partial charge in [-0.15, -0.1) is 0 Å². The number of hydrogen-bond acceptors (Lipinski definition) is 2. The number of nitrogens with zero attached hydrogens (tertiary/aromatic N) is 1. The second-order valence-corrected chi connectivity index (χ2v) is 5.21. The van der Waals surface area contributed by atoms with Crippen LogP contribution in [0.5, 0.6) is 0 Å². The van der Waals surface area contributed by atoms with Crippen LogP contribution in [-0.2, 0) is 9.59 Å². The number of carboxylic acid groups (broad SMARTS) is 1. The Kier molecular flexibility index (Phi) is 4.32. The van der Waals surface area contributed by atoms with Gasteiger partial charge in [0.2, 0.25) is 5.91 Å². The molecular weight excluding hydrogens is 218 g/mol. The fraction of sp³-hybridized carbons (Fsp3) is 0.692. The van der Waals surface area contributed by atoms with Crippen LogP contribution in [0.1, 0.15) is 34.1 Å². The number of rotatable bonds is 2.